The number of hydrogen-bond donors (Lipinski definition) is 1. The molecule has 116 valence electrons. The number of ether oxygens (including phenoxy) is 1. The topological polar surface area (TPSA) is 38.5 Å². The van der Waals surface area contributed by atoms with E-state index in [1.54, 1.807) is 0 Å². The smallest absolute Gasteiger partial charge is 0.0491 e. The molecule has 3 heteroatoms. The van der Waals surface area contributed by atoms with E-state index in [9.17, 15) is 0 Å². The third-order valence-corrected chi connectivity index (χ3v) is 6.22. The molecule has 3 fully saturated rings. The molecule has 3 aliphatic rings. The quantitative estimate of drug-likeness (QED) is 0.841. The van der Waals surface area contributed by atoms with Gasteiger partial charge in [-0.2, -0.15) is 0 Å². The minimum atomic E-state index is 0.337. The molecule has 0 aromatic heterocycles. The highest BCUT2D eigenvalue weighted by Crippen LogP contribution is 2.48. The van der Waals surface area contributed by atoms with Gasteiger partial charge in [-0.1, -0.05) is 12.8 Å². The van der Waals surface area contributed by atoms with E-state index < -0.39 is 0 Å². The lowest BCUT2D eigenvalue weighted by atomic mass is 9.72. The summed E-state index contributed by atoms with van der Waals surface area (Å²) in [4.78, 5) is 2.76. The molecule has 0 radical (unpaired) electrons. The van der Waals surface area contributed by atoms with E-state index in [4.69, 9.17) is 10.5 Å². The standard InChI is InChI=1S/C17H32N2O/c1-20-12-14-6-9-19(10-7-14)17(13-18)8-2-3-16(11-17)15-4-5-15/h14-16H,2-13,18H2,1H3. The van der Waals surface area contributed by atoms with Crippen LogP contribution in [0.4, 0.5) is 0 Å². The number of nitrogens with two attached hydrogens (primary N) is 1. The van der Waals surface area contributed by atoms with Crippen LogP contribution in [0.25, 0.3) is 0 Å². The second-order valence-corrected chi connectivity index (χ2v) is 7.51. The Morgan fingerprint density at radius 2 is 1.85 bits per heavy atom. The van der Waals surface area contributed by atoms with Gasteiger partial charge in [0.2, 0.25) is 0 Å². The van der Waals surface area contributed by atoms with Gasteiger partial charge < -0.3 is 10.5 Å². The molecule has 1 aliphatic heterocycles. The highest BCUT2D eigenvalue weighted by molar-refractivity contribution is 5.00. The lowest BCUT2D eigenvalue weighted by molar-refractivity contribution is -0.00376. The molecule has 2 aliphatic carbocycles. The number of nitrogens with zero attached hydrogens (tertiary/aromatic N) is 1. The second-order valence-electron chi connectivity index (χ2n) is 7.51. The van der Waals surface area contributed by atoms with Crippen molar-refractivity contribution in [3.05, 3.63) is 0 Å². The minimum absolute atomic E-state index is 0.337. The molecule has 1 saturated heterocycles. The summed E-state index contributed by atoms with van der Waals surface area (Å²) in [5, 5.41) is 0. The molecule has 0 bridgehead atoms. The van der Waals surface area contributed by atoms with Crippen molar-refractivity contribution in [1.29, 1.82) is 0 Å². The summed E-state index contributed by atoms with van der Waals surface area (Å²) in [5.41, 5.74) is 6.62. The van der Waals surface area contributed by atoms with E-state index in [1.165, 1.54) is 64.5 Å². The molecule has 3 rings (SSSR count). The fraction of sp³-hybridized carbons (Fsp3) is 1.00. The van der Waals surface area contributed by atoms with Crippen molar-refractivity contribution >= 4 is 0 Å². The predicted octanol–water partition coefficient (Wildman–Crippen LogP) is 2.64. The Labute approximate surface area is 124 Å². The molecule has 0 spiro atoms. The summed E-state index contributed by atoms with van der Waals surface area (Å²) in [6.07, 6.45) is 11.1. The van der Waals surface area contributed by atoms with Gasteiger partial charge in [-0.15, -0.1) is 0 Å². The van der Waals surface area contributed by atoms with Gasteiger partial charge in [-0.25, -0.2) is 0 Å². The zero-order chi connectivity index (χ0) is 14.0. The van der Waals surface area contributed by atoms with Crippen LogP contribution >= 0.6 is 0 Å². The van der Waals surface area contributed by atoms with Gasteiger partial charge >= 0.3 is 0 Å². The van der Waals surface area contributed by atoms with Gasteiger partial charge in [-0.05, 0) is 69.4 Å². The van der Waals surface area contributed by atoms with Gasteiger partial charge in [0, 0.05) is 25.8 Å². The first-order chi connectivity index (χ1) is 9.77. The predicted molar refractivity (Wildman–Crippen MR) is 82.6 cm³/mol. The minimum Gasteiger partial charge on any atom is -0.384 e. The average molecular weight is 280 g/mol. The van der Waals surface area contributed by atoms with Crippen LogP contribution < -0.4 is 5.73 Å². The molecule has 2 atom stereocenters. The summed E-state index contributed by atoms with van der Waals surface area (Å²) in [6, 6.07) is 0. The molecule has 2 unspecified atom stereocenters. The molecule has 2 saturated carbocycles. The van der Waals surface area contributed by atoms with E-state index in [0.29, 0.717) is 5.54 Å². The van der Waals surface area contributed by atoms with E-state index in [1.807, 2.05) is 7.11 Å². The van der Waals surface area contributed by atoms with Gasteiger partial charge in [0.15, 0.2) is 0 Å². The maximum absolute atomic E-state index is 6.28. The first kappa shape index (κ1) is 14.8. The summed E-state index contributed by atoms with van der Waals surface area (Å²) in [6.45, 7) is 4.28. The Bertz CT molecular complexity index is 310. The zero-order valence-electron chi connectivity index (χ0n) is 13.2. The first-order valence-corrected chi connectivity index (χ1v) is 8.71. The first-order valence-electron chi connectivity index (χ1n) is 8.71. The van der Waals surface area contributed by atoms with Crippen LogP contribution in [-0.4, -0.2) is 43.8 Å². The summed E-state index contributed by atoms with van der Waals surface area (Å²) in [5.74, 6) is 2.80. The molecular weight excluding hydrogens is 248 g/mol. The highest BCUT2D eigenvalue weighted by Gasteiger charge is 2.45. The molecule has 20 heavy (non-hydrogen) atoms. The van der Waals surface area contributed by atoms with E-state index in [0.717, 1.165) is 30.9 Å². The van der Waals surface area contributed by atoms with Crippen molar-refractivity contribution in [2.75, 3.05) is 33.4 Å². The highest BCUT2D eigenvalue weighted by atomic mass is 16.5. The van der Waals surface area contributed by atoms with Gasteiger partial charge in [0.25, 0.3) is 0 Å². The van der Waals surface area contributed by atoms with Crippen molar-refractivity contribution in [3.63, 3.8) is 0 Å². The molecule has 3 nitrogen and oxygen atoms in total. The van der Waals surface area contributed by atoms with Gasteiger partial charge in [0.1, 0.15) is 0 Å². The Kier molecular flexibility index (Phi) is 4.68. The fourth-order valence-corrected chi connectivity index (χ4v) is 4.77. The molecule has 0 amide bonds. The van der Waals surface area contributed by atoms with Gasteiger partial charge in [-0.3, -0.25) is 4.90 Å². The van der Waals surface area contributed by atoms with Crippen LogP contribution in [0, 0.1) is 17.8 Å². The fourth-order valence-electron chi connectivity index (χ4n) is 4.77. The SMILES string of the molecule is COCC1CCN(C2(CN)CCCC(C3CC3)C2)CC1. The summed E-state index contributed by atoms with van der Waals surface area (Å²) < 4.78 is 5.33. The van der Waals surface area contributed by atoms with Crippen LogP contribution in [-0.2, 0) is 4.74 Å². The second kappa shape index (κ2) is 6.33. The Morgan fingerprint density at radius 3 is 2.45 bits per heavy atom. The molecule has 1 heterocycles. The maximum atomic E-state index is 6.28. The van der Waals surface area contributed by atoms with Crippen LogP contribution in [0.15, 0.2) is 0 Å². The van der Waals surface area contributed by atoms with Crippen molar-refractivity contribution in [1.82, 2.24) is 4.90 Å². The largest absolute Gasteiger partial charge is 0.384 e. The van der Waals surface area contributed by atoms with Crippen molar-refractivity contribution in [2.24, 2.45) is 23.5 Å². The van der Waals surface area contributed by atoms with E-state index in [2.05, 4.69) is 4.90 Å². The third kappa shape index (κ3) is 3.05. The number of hydrogen-bond acceptors (Lipinski definition) is 3. The molecule has 0 aromatic carbocycles. The van der Waals surface area contributed by atoms with Crippen molar-refractivity contribution < 1.29 is 4.74 Å². The van der Waals surface area contributed by atoms with E-state index >= 15 is 0 Å². The normalized spacial score (nSPS) is 37.2. The van der Waals surface area contributed by atoms with Crippen molar-refractivity contribution in [3.8, 4) is 0 Å². The molecule has 0 aromatic rings. The zero-order valence-corrected chi connectivity index (χ0v) is 13.2. The Hall–Kier alpha value is -0.120. The monoisotopic (exact) mass is 280 g/mol. The number of rotatable bonds is 5. The number of likely N-dealkylation sites (tertiary alicyclic amines) is 1. The summed E-state index contributed by atoms with van der Waals surface area (Å²) in [7, 11) is 1.83. The van der Waals surface area contributed by atoms with Crippen LogP contribution in [0.1, 0.15) is 51.4 Å². The Morgan fingerprint density at radius 1 is 1.10 bits per heavy atom. The molecular formula is C17H32N2O. The lowest BCUT2D eigenvalue weighted by Gasteiger charge is -2.50. The van der Waals surface area contributed by atoms with Crippen LogP contribution in [0.5, 0.6) is 0 Å². The lowest BCUT2D eigenvalue weighted by Crippen LogP contribution is -2.58. The maximum Gasteiger partial charge on any atom is 0.0491 e. The van der Waals surface area contributed by atoms with Gasteiger partial charge in [0.05, 0.1) is 0 Å². The number of methoxy groups -OCH3 is 1. The van der Waals surface area contributed by atoms with Crippen LogP contribution in [0.2, 0.25) is 0 Å². The molecule has 2 N–H and O–H groups in total. The van der Waals surface area contributed by atoms with E-state index in [-0.39, 0.29) is 0 Å². The third-order valence-electron chi connectivity index (χ3n) is 6.22. The van der Waals surface area contributed by atoms with Crippen LogP contribution in [0.3, 0.4) is 0 Å². The average Bonchev–Trinajstić information content (AvgIpc) is 3.33. The summed E-state index contributed by atoms with van der Waals surface area (Å²) >= 11 is 0. The Balaban J connectivity index is 1.60. The number of piperidine rings is 1. The van der Waals surface area contributed by atoms with Crippen molar-refractivity contribution in [2.45, 2.75) is 56.9 Å².